The Morgan fingerprint density at radius 1 is 1.14 bits per heavy atom. The molecule has 4 rings (SSSR count). The van der Waals surface area contributed by atoms with Gasteiger partial charge in [0.05, 0.1) is 11.0 Å². The summed E-state index contributed by atoms with van der Waals surface area (Å²) in [5, 5.41) is 2.06. The van der Waals surface area contributed by atoms with Crippen molar-refractivity contribution in [3.8, 4) is 10.4 Å². The summed E-state index contributed by atoms with van der Waals surface area (Å²) >= 11 is 1.70. The van der Waals surface area contributed by atoms with Gasteiger partial charge in [-0.15, -0.1) is 11.3 Å². The van der Waals surface area contributed by atoms with Crippen molar-refractivity contribution in [1.29, 1.82) is 0 Å². The molecular weight excluding hydrogens is 382 g/mol. The molecule has 0 bridgehead atoms. The maximum Gasteiger partial charge on any atom is 0.255 e. The van der Waals surface area contributed by atoms with Gasteiger partial charge in [0.15, 0.2) is 0 Å². The summed E-state index contributed by atoms with van der Waals surface area (Å²) < 4.78 is 0. The molecule has 6 heteroatoms. The number of nitrogens with zero attached hydrogens (tertiary/aromatic N) is 2. The number of hydrogen-bond donors (Lipinski definition) is 1. The van der Waals surface area contributed by atoms with Crippen LogP contribution in [0.15, 0.2) is 66.3 Å². The smallest absolute Gasteiger partial charge is 0.255 e. The number of pyridine rings is 1. The predicted molar refractivity (Wildman–Crippen MR) is 114 cm³/mol. The number of carbonyl (C=O) groups is 2. The van der Waals surface area contributed by atoms with Gasteiger partial charge >= 0.3 is 0 Å². The largest absolute Gasteiger partial charge is 0.369 e. The summed E-state index contributed by atoms with van der Waals surface area (Å²) in [5.74, 6) is -0.444. The molecule has 1 atom stereocenters. The Bertz CT molecular complexity index is 987. The number of nitrogens with two attached hydrogens (primary N) is 1. The van der Waals surface area contributed by atoms with E-state index >= 15 is 0 Å². The van der Waals surface area contributed by atoms with Crippen molar-refractivity contribution in [3.05, 3.63) is 77.4 Å². The third-order valence-electron chi connectivity index (χ3n) is 5.60. The molecule has 0 saturated carbocycles. The van der Waals surface area contributed by atoms with Crippen molar-refractivity contribution in [3.63, 3.8) is 0 Å². The van der Waals surface area contributed by atoms with E-state index in [0.29, 0.717) is 31.5 Å². The van der Waals surface area contributed by atoms with Gasteiger partial charge < -0.3 is 10.6 Å². The summed E-state index contributed by atoms with van der Waals surface area (Å²) in [6.07, 6.45) is 5.17. The van der Waals surface area contributed by atoms with E-state index in [1.165, 1.54) is 4.88 Å². The molecule has 5 nitrogen and oxygen atoms in total. The third-order valence-corrected chi connectivity index (χ3v) is 6.52. The Morgan fingerprint density at radius 3 is 2.62 bits per heavy atom. The van der Waals surface area contributed by atoms with Gasteiger partial charge in [0, 0.05) is 30.4 Å². The molecule has 2 amide bonds. The number of carbonyl (C=O) groups excluding carboxylic acids is 2. The van der Waals surface area contributed by atoms with Gasteiger partial charge in [0.1, 0.15) is 0 Å². The monoisotopic (exact) mass is 405 g/mol. The van der Waals surface area contributed by atoms with E-state index in [0.717, 1.165) is 17.5 Å². The number of aromatic nitrogens is 1. The molecule has 0 unspecified atom stereocenters. The molecule has 3 heterocycles. The second-order valence-corrected chi connectivity index (χ2v) is 8.52. The Kier molecular flexibility index (Phi) is 5.45. The molecule has 29 heavy (non-hydrogen) atoms. The van der Waals surface area contributed by atoms with Crippen LogP contribution in [-0.4, -0.2) is 34.8 Å². The van der Waals surface area contributed by atoms with Gasteiger partial charge in [-0.1, -0.05) is 30.3 Å². The first-order chi connectivity index (χ1) is 14.1. The lowest BCUT2D eigenvalue weighted by molar-refractivity contribution is -0.130. The summed E-state index contributed by atoms with van der Waals surface area (Å²) in [4.78, 5) is 32.4. The highest BCUT2D eigenvalue weighted by Gasteiger charge is 2.42. The van der Waals surface area contributed by atoms with Crippen LogP contribution < -0.4 is 5.73 Å². The van der Waals surface area contributed by atoms with Crippen LogP contribution >= 0.6 is 11.3 Å². The number of benzene rings is 1. The molecule has 0 aliphatic carbocycles. The lowest BCUT2D eigenvalue weighted by Gasteiger charge is -2.41. The maximum atomic E-state index is 12.9. The van der Waals surface area contributed by atoms with Crippen LogP contribution in [-0.2, 0) is 11.2 Å². The number of likely N-dealkylation sites (tertiary alicyclic amines) is 1. The van der Waals surface area contributed by atoms with Crippen molar-refractivity contribution in [2.45, 2.75) is 19.3 Å². The van der Waals surface area contributed by atoms with E-state index in [1.807, 2.05) is 6.07 Å². The second kappa shape index (κ2) is 8.17. The molecule has 1 saturated heterocycles. The van der Waals surface area contributed by atoms with Crippen molar-refractivity contribution in [2.75, 3.05) is 13.1 Å². The first-order valence-electron chi connectivity index (χ1n) is 9.69. The molecule has 0 spiro atoms. The van der Waals surface area contributed by atoms with Crippen LogP contribution in [0.5, 0.6) is 0 Å². The van der Waals surface area contributed by atoms with Crippen molar-refractivity contribution < 1.29 is 9.59 Å². The van der Waals surface area contributed by atoms with Gasteiger partial charge in [-0.05, 0) is 54.0 Å². The topological polar surface area (TPSA) is 76.3 Å². The minimum absolute atomic E-state index is 0.100. The van der Waals surface area contributed by atoms with Crippen LogP contribution in [0.4, 0.5) is 0 Å². The number of hydrogen-bond acceptors (Lipinski definition) is 4. The minimum Gasteiger partial charge on any atom is -0.369 e. The van der Waals surface area contributed by atoms with Gasteiger partial charge in [0.25, 0.3) is 5.91 Å². The molecule has 3 aromatic rings. The van der Waals surface area contributed by atoms with Gasteiger partial charge in [0.2, 0.25) is 5.91 Å². The van der Waals surface area contributed by atoms with E-state index in [1.54, 1.807) is 40.8 Å². The molecule has 1 fully saturated rings. The fraction of sp³-hybridized carbons (Fsp3) is 0.261. The fourth-order valence-electron chi connectivity index (χ4n) is 4.03. The summed E-state index contributed by atoms with van der Waals surface area (Å²) in [6.45, 7) is 0.961. The van der Waals surface area contributed by atoms with Gasteiger partial charge in [-0.25, -0.2) is 0 Å². The van der Waals surface area contributed by atoms with Crippen LogP contribution in [0.1, 0.15) is 28.8 Å². The van der Waals surface area contributed by atoms with E-state index in [-0.39, 0.29) is 11.8 Å². The average Bonchev–Trinajstić information content (AvgIpc) is 3.29. The minimum atomic E-state index is -0.749. The molecule has 1 aromatic carbocycles. The predicted octanol–water partition coefficient (Wildman–Crippen LogP) is 3.76. The van der Waals surface area contributed by atoms with Gasteiger partial charge in [-0.3, -0.25) is 14.6 Å². The number of thiophene rings is 1. The molecule has 148 valence electrons. The van der Waals surface area contributed by atoms with Crippen LogP contribution in [0.2, 0.25) is 0 Å². The second-order valence-electron chi connectivity index (χ2n) is 7.57. The first-order valence-corrected chi connectivity index (χ1v) is 10.6. The van der Waals surface area contributed by atoms with Gasteiger partial charge in [-0.2, -0.15) is 0 Å². The first kappa shape index (κ1) is 19.3. The lowest BCUT2D eigenvalue weighted by Crippen LogP contribution is -2.53. The third kappa shape index (κ3) is 4.07. The molecule has 2 aromatic heterocycles. The Hall–Kier alpha value is -2.99. The zero-order valence-electron chi connectivity index (χ0n) is 16.1. The van der Waals surface area contributed by atoms with E-state index < -0.39 is 5.41 Å². The quantitative estimate of drug-likeness (QED) is 0.702. The van der Waals surface area contributed by atoms with Crippen molar-refractivity contribution in [1.82, 2.24) is 9.88 Å². The number of piperidine rings is 1. The van der Waals surface area contributed by atoms with E-state index in [4.69, 9.17) is 5.73 Å². The highest BCUT2D eigenvalue weighted by molar-refractivity contribution is 7.13. The van der Waals surface area contributed by atoms with Crippen LogP contribution in [0.25, 0.3) is 10.4 Å². The average molecular weight is 406 g/mol. The number of primary amides is 1. The molecule has 1 aliphatic rings. The Balaban J connectivity index is 1.54. The molecule has 0 radical (unpaired) electrons. The van der Waals surface area contributed by atoms with Crippen LogP contribution in [0.3, 0.4) is 0 Å². The lowest BCUT2D eigenvalue weighted by atomic mass is 9.74. The molecular formula is C23H23N3O2S. The maximum absolute atomic E-state index is 12.9. The SMILES string of the molecule is NC(=O)[C@@]1(Cc2ccc(-c3cccs3)cc2)CCCN(C(=O)c2cccnc2)C1. The van der Waals surface area contributed by atoms with E-state index in [2.05, 4.69) is 40.7 Å². The summed E-state index contributed by atoms with van der Waals surface area (Å²) in [5.41, 5.74) is 7.87. The summed E-state index contributed by atoms with van der Waals surface area (Å²) in [6, 6.07) is 15.9. The zero-order valence-corrected chi connectivity index (χ0v) is 16.9. The molecule has 2 N–H and O–H groups in total. The molecule has 1 aliphatic heterocycles. The van der Waals surface area contributed by atoms with Crippen LogP contribution in [0, 0.1) is 5.41 Å². The summed E-state index contributed by atoms with van der Waals surface area (Å²) in [7, 11) is 0. The highest BCUT2D eigenvalue weighted by Crippen LogP contribution is 2.35. The van der Waals surface area contributed by atoms with Crippen molar-refractivity contribution in [2.24, 2.45) is 11.1 Å². The fourth-order valence-corrected chi connectivity index (χ4v) is 4.76. The number of amides is 2. The zero-order chi connectivity index (χ0) is 20.3. The highest BCUT2D eigenvalue weighted by atomic mass is 32.1. The Labute approximate surface area is 174 Å². The normalized spacial score (nSPS) is 19.1. The number of rotatable bonds is 5. The standard InChI is InChI=1S/C23H23N3O2S/c24-22(28)23(14-17-6-8-18(9-7-17)20-5-2-13-29-20)10-3-12-26(16-23)21(27)19-4-1-11-25-15-19/h1-2,4-9,11,13,15H,3,10,12,14,16H2,(H2,24,28)/t23-/m1/s1. The van der Waals surface area contributed by atoms with E-state index in [9.17, 15) is 9.59 Å². The van der Waals surface area contributed by atoms with Crippen molar-refractivity contribution >= 4 is 23.2 Å². The Morgan fingerprint density at radius 2 is 1.97 bits per heavy atom.